The Bertz CT molecular complexity index is 1840. The number of nitrogens with zero attached hydrogens (tertiary/aromatic N) is 1. The van der Waals surface area contributed by atoms with Gasteiger partial charge in [0, 0.05) is 5.56 Å². The molecule has 1 unspecified atom stereocenters. The zero-order valence-electron chi connectivity index (χ0n) is 26.0. The second-order valence-electron chi connectivity index (χ2n) is 12.5. The Labute approximate surface area is 279 Å². The molecule has 6 rings (SSSR count). The summed E-state index contributed by atoms with van der Waals surface area (Å²) in [5.74, 6) is -2.78. The molecular weight excluding hydrogens is 613 g/mol. The first-order chi connectivity index (χ1) is 22.7. The lowest BCUT2D eigenvalue weighted by molar-refractivity contribution is -0.136. The molecule has 0 radical (unpaired) electrons. The highest BCUT2D eigenvalue weighted by molar-refractivity contribution is 6.31. The monoisotopic (exact) mass is 649 g/mol. The number of halogens is 2. The maximum Gasteiger partial charge on any atom is 0.254 e. The summed E-state index contributed by atoms with van der Waals surface area (Å²) >= 11 is 6.08. The molecule has 47 heavy (non-hydrogen) atoms. The van der Waals surface area contributed by atoms with Gasteiger partial charge in [0.1, 0.15) is 11.9 Å². The molecule has 240 valence electrons. The van der Waals surface area contributed by atoms with Crippen LogP contribution in [0.4, 0.5) is 10.1 Å². The van der Waals surface area contributed by atoms with E-state index in [9.17, 15) is 18.8 Å². The lowest BCUT2D eigenvalue weighted by Gasteiger charge is -2.33. The Morgan fingerprint density at radius 2 is 1.68 bits per heavy atom. The van der Waals surface area contributed by atoms with Gasteiger partial charge in [0.05, 0.1) is 29.1 Å². The number of nitrogens with one attached hydrogen (secondary N) is 1. The van der Waals surface area contributed by atoms with Crippen LogP contribution < -0.4 is 16.0 Å². The molecule has 2 aliphatic rings. The van der Waals surface area contributed by atoms with Crippen LogP contribution in [0.5, 0.6) is 0 Å². The molecule has 0 spiro atoms. The van der Waals surface area contributed by atoms with Crippen LogP contribution in [-0.2, 0) is 20.9 Å². The summed E-state index contributed by atoms with van der Waals surface area (Å²) in [6, 6.07) is 26.5. The number of primary amides is 1. The molecule has 0 aromatic heterocycles. The molecular formula is C39H37ClFN3O3. The van der Waals surface area contributed by atoms with Crippen molar-refractivity contribution in [2.24, 2.45) is 23.5 Å². The van der Waals surface area contributed by atoms with Crippen LogP contribution in [0.2, 0.25) is 5.02 Å². The predicted molar refractivity (Wildman–Crippen MR) is 184 cm³/mol. The number of fused-ring (bicyclic) bond motifs is 3. The molecule has 8 heteroatoms. The second-order valence-corrected chi connectivity index (χ2v) is 12.9. The number of hydrogen-bond acceptors (Lipinski definition) is 3. The lowest BCUT2D eigenvalue weighted by atomic mass is 9.74. The van der Waals surface area contributed by atoms with Crippen LogP contribution >= 0.6 is 11.6 Å². The maximum atomic E-state index is 14.7. The third kappa shape index (κ3) is 6.72. The molecule has 1 fully saturated rings. The van der Waals surface area contributed by atoms with E-state index in [4.69, 9.17) is 17.3 Å². The average molecular weight is 650 g/mol. The molecule has 3 N–H and O–H groups in total. The molecule has 1 aliphatic carbocycles. The van der Waals surface area contributed by atoms with Crippen molar-refractivity contribution in [3.8, 4) is 22.3 Å². The number of carbonyl (C=O) groups excluding carboxylic acids is 3. The van der Waals surface area contributed by atoms with Gasteiger partial charge in [-0.1, -0.05) is 104 Å². The van der Waals surface area contributed by atoms with Crippen LogP contribution in [0, 0.1) is 23.6 Å². The molecule has 1 aliphatic heterocycles. The van der Waals surface area contributed by atoms with Crippen molar-refractivity contribution in [1.82, 2.24) is 5.32 Å². The van der Waals surface area contributed by atoms with Gasteiger partial charge in [-0.15, -0.1) is 6.58 Å². The fraction of sp³-hybridized carbons (Fsp3) is 0.256. The molecule has 3 atom stereocenters. The van der Waals surface area contributed by atoms with Crippen LogP contribution in [0.3, 0.4) is 0 Å². The van der Waals surface area contributed by atoms with E-state index in [1.165, 1.54) is 6.07 Å². The molecule has 4 aromatic rings. The number of anilines is 1. The van der Waals surface area contributed by atoms with Crippen molar-refractivity contribution in [3.63, 3.8) is 0 Å². The zero-order valence-corrected chi connectivity index (χ0v) is 26.8. The number of benzene rings is 4. The summed E-state index contributed by atoms with van der Waals surface area (Å²) in [6.45, 7) is 4.00. The average Bonchev–Trinajstić information content (AvgIpc) is 3.14. The lowest BCUT2D eigenvalue weighted by Crippen LogP contribution is -2.47. The van der Waals surface area contributed by atoms with Gasteiger partial charge in [0.2, 0.25) is 11.8 Å². The molecule has 4 aromatic carbocycles. The topological polar surface area (TPSA) is 92.5 Å². The van der Waals surface area contributed by atoms with Gasteiger partial charge in [0.25, 0.3) is 5.91 Å². The van der Waals surface area contributed by atoms with Crippen LogP contribution in [-0.4, -0.2) is 17.7 Å². The summed E-state index contributed by atoms with van der Waals surface area (Å²) in [4.78, 5) is 43.2. The predicted octanol–water partition coefficient (Wildman–Crippen LogP) is 8.00. The van der Waals surface area contributed by atoms with Crippen molar-refractivity contribution < 1.29 is 18.8 Å². The van der Waals surface area contributed by atoms with E-state index in [1.54, 1.807) is 23.1 Å². The van der Waals surface area contributed by atoms with E-state index in [2.05, 4.69) is 11.9 Å². The molecule has 1 saturated carbocycles. The first-order valence-electron chi connectivity index (χ1n) is 16.0. The molecule has 6 nitrogen and oxygen atoms in total. The minimum atomic E-state index is -1.01. The van der Waals surface area contributed by atoms with E-state index in [0.717, 1.165) is 47.1 Å². The minimum Gasteiger partial charge on any atom is -0.369 e. The normalized spacial score (nSPS) is 17.0. The number of nitrogens with two attached hydrogens (primary N) is 1. The number of hydrogen-bond donors (Lipinski definition) is 2. The number of carbonyl (C=O) groups is 3. The van der Waals surface area contributed by atoms with Gasteiger partial charge in [-0.3, -0.25) is 14.4 Å². The number of amides is 3. The zero-order chi connectivity index (χ0) is 33.1. The first-order valence-corrected chi connectivity index (χ1v) is 16.4. The van der Waals surface area contributed by atoms with Crippen molar-refractivity contribution >= 4 is 35.0 Å². The molecule has 0 saturated heterocycles. The van der Waals surface area contributed by atoms with Crippen molar-refractivity contribution in [3.05, 3.63) is 126 Å². The smallest absolute Gasteiger partial charge is 0.254 e. The van der Waals surface area contributed by atoms with Gasteiger partial charge in [-0.05, 0) is 70.8 Å². The van der Waals surface area contributed by atoms with Gasteiger partial charge in [-0.25, -0.2) is 4.39 Å². The Morgan fingerprint density at radius 3 is 2.38 bits per heavy atom. The van der Waals surface area contributed by atoms with Crippen LogP contribution in [0.25, 0.3) is 22.3 Å². The van der Waals surface area contributed by atoms with Crippen LogP contribution in [0.1, 0.15) is 49.3 Å². The Kier molecular flexibility index (Phi) is 9.55. The van der Waals surface area contributed by atoms with Crippen molar-refractivity contribution in [2.45, 2.75) is 44.7 Å². The third-order valence-electron chi connectivity index (χ3n) is 9.50. The van der Waals surface area contributed by atoms with Gasteiger partial charge >= 0.3 is 0 Å². The van der Waals surface area contributed by atoms with Gasteiger partial charge in [-0.2, -0.15) is 0 Å². The fourth-order valence-electron chi connectivity index (χ4n) is 6.80. The highest BCUT2D eigenvalue weighted by atomic mass is 35.5. The minimum absolute atomic E-state index is 0.0307. The molecule has 0 bridgehead atoms. The largest absolute Gasteiger partial charge is 0.369 e. The van der Waals surface area contributed by atoms with Gasteiger partial charge in [0.15, 0.2) is 0 Å². The third-order valence-corrected chi connectivity index (χ3v) is 9.79. The highest BCUT2D eigenvalue weighted by Crippen LogP contribution is 2.42. The number of rotatable bonds is 11. The molecule has 1 heterocycles. The summed E-state index contributed by atoms with van der Waals surface area (Å²) in [7, 11) is 0. The van der Waals surface area contributed by atoms with E-state index in [1.807, 2.05) is 72.8 Å². The van der Waals surface area contributed by atoms with Crippen LogP contribution in [0.15, 0.2) is 104 Å². The Morgan fingerprint density at radius 1 is 0.957 bits per heavy atom. The highest BCUT2D eigenvalue weighted by Gasteiger charge is 2.40. The van der Waals surface area contributed by atoms with E-state index in [0.29, 0.717) is 23.6 Å². The van der Waals surface area contributed by atoms with Crippen molar-refractivity contribution in [2.75, 3.05) is 4.90 Å². The second kappa shape index (κ2) is 13.9. The summed E-state index contributed by atoms with van der Waals surface area (Å²) in [5, 5.41) is 3.12. The van der Waals surface area contributed by atoms with E-state index >= 15 is 0 Å². The Balaban J connectivity index is 1.38. The molecule has 3 amide bonds. The SMILES string of the molecule is C=CC[C@H](C(N)=O)[C@@H](CC1CCC1)C(=O)NC1C(=O)N(Cc2cccc(-c3ccc(F)c(Cl)c3)c2)c2ccccc2-c2ccccc21. The summed E-state index contributed by atoms with van der Waals surface area (Å²) in [6.07, 6.45) is 5.53. The standard InChI is InChI=1S/C39H37ClFN3O3/c1-2-9-31(37(42)45)32(21-24-10-7-11-24)38(46)43-36-30-16-4-3-14-28(30)29-15-5-6-17-35(29)44(39(36)47)23-25-12-8-13-26(20-25)27-18-19-34(41)33(40)22-27/h2-6,8,12-20,22,24,31-32,36H,1,7,9-11,21,23H2,(H2,42,45)(H,43,46)/t31-,32+,36?/m0/s1. The van der Waals surface area contributed by atoms with E-state index < -0.39 is 29.6 Å². The number of allylic oxidation sites excluding steroid dienone is 1. The summed E-state index contributed by atoms with van der Waals surface area (Å²) < 4.78 is 13.9. The Hall–Kier alpha value is -4.75. The quantitative estimate of drug-likeness (QED) is 0.161. The number of para-hydroxylation sites is 1. The maximum absolute atomic E-state index is 14.7. The van der Waals surface area contributed by atoms with Crippen molar-refractivity contribution in [1.29, 1.82) is 0 Å². The summed E-state index contributed by atoms with van der Waals surface area (Å²) in [5.41, 5.74) is 11.3. The van der Waals surface area contributed by atoms with E-state index in [-0.39, 0.29) is 29.8 Å². The van der Waals surface area contributed by atoms with Gasteiger partial charge < -0.3 is 16.0 Å². The fourth-order valence-corrected chi connectivity index (χ4v) is 6.98. The first kappa shape index (κ1) is 32.2.